The van der Waals surface area contributed by atoms with Gasteiger partial charge in [0.05, 0.1) is 19.3 Å². The minimum absolute atomic E-state index is 0.0321. The SMILES string of the molecule is CCCCOc1ccc(OCC2CCC(c3ccc(C4CCC(OCCCC)CC4)c(F)c3F)CC2)c(F)c1F. The first-order valence-corrected chi connectivity index (χ1v) is 15.3. The molecule has 0 N–H and O–H groups in total. The molecular formula is C33H44F4O3. The summed E-state index contributed by atoms with van der Waals surface area (Å²) in [5.41, 5.74) is 0.940. The van der Waals surface area contributed by atoms with Gasteiger partial charge in [-0.25, -0.2) is 8.78 Å². The highest BCUT2D eigenvalue weighted by molar-refractivity contribution is 5.35. The highest BCUT2D eigenvalue weighted by Crippen LogP contribution is 2.41. The summed E-state index contributed by atoms with van der Waals surface area (Å²) in [4.78, 5) is 0. The largest absolute Gasteiger partial charge is 0.490 e. The van der Waals surface area contributed by atoms with Crippen molar-refractivity contribution in [1.82, 2.24) is 0 Å². The zero-order valence-electron chi connectivity index (χ0n) is 24.0. The molecule has 2 aromatic rings. The maximum Gasteiger partial charge on any atom is 0.204 e. The molecule has 2 saturated carbocycles. The van der Waals surface area contributed by atoms with Gasteiger partial charge in [0.15, 0.2) is 23.1 Å². The van der Waals surface area contributed by atoms with Gasteiger partial charge in [-0.05, 0) is 105 Å². The van der Waals surface area contributed by atoms with Gasteiger partial charge in [0, 0.05) is 6.61 Å². The smallest absolute Gasteiger partial charge is 0.204 e. The third-order valence-corrected chi connectivity index (χ3v) is 8.64. The molecule has 222 valence electrons. The van der Waals surface area contributed by atoms with E-state index >= 15 is 8.78 Å². The Morgan fingerprint density at radius 2 is 1.10 bits per heavy atom. The summed E-state index contributed by atoms with van der Waals surface area (Å²) in [6, 6.07) is 6.37. The number of ether oxygens (including phenoxy) is 3. The zero-order valence-corrected chi connectivity index (χ0v) is 24.0. The van der Waals surface area contributed by atoms with Gasteiger partial charge in [0.1, 0.15) is 0 Å². The molecule has 7 heteroatoms. The Morgan fingerprint density at radius 1 is 0.600 bits per heavy atom. The van der Waals surface area contributed by atoms with Crippen LogP contribution in [0.25, 0.3) is 0 Å². The summed E-state index contributed by atoms with van der Waals surface area (Å²) in [6.45, 7) is 5.49. The number of hydrogen-bond donors (Lipinski definition) is 0. The van der Waals surface area contributed by atoms with Crippen LogP contribution in [0, 0.1) is 29.2 Å². The van der Waals surface area contributed by atoms with E-state index in [9.17, 15) is 8.78 Å². The van der Waals surface area contributed by atoms with E-state index in [1.807, 2.05) is 6.92 Å². The average molecular weight is 565 g/mol. The number of halogens is 4. The molecule has 2 fully saturated rings. The van der Waals surface area contributed by atoms with Crippen molar-refractivity contribution in [3.8, 4) is 11.5 Å². The lowest BCUT2D eigenvalue weighted by atomic mass is 9.77. The van der Waals surface area contributed by atoms with E-state index in [1.54, 1.807) is 12.1 Å². The lowest BCUT2D eigenvalue weighted by Gasteiger charge is -2.31. The van der Waals surface area contributed by atoms with Crippen LogP contribution in [0.15, 0.2) is 24.3 Å². The first kappa shape index (κ1) is 30.7. The molecule has 0 amide bonds. The molecule has 0 radical (unpaired) electrons. The molecule has 0 atom stereocenters. The Kier molecular flexibility index (Phi) is 11.6. The Hall–Kier alpha value is -2.28. The molecule has 0 aliphatic heterocycles. The van der Waals surface area contributed by atoms with Crippen molar-refractivity contribution >= 4 is 0 Å². The van der Waals surface area contributed by atoms with Crippen molar-refractivity contribution in [2.75, 3.05) is 19.8 Å². The number of rotatable bonds is 13. The molecule has 2 aromatic carbocycles. The Labute approximate surface area is 236 Å². The number of hydrogen-bond acceptors (Lipinski definition) is 3. The topological polar surface area (TPSA) is 27.7 Å². The van der Waals surface area contributed by atoms with E-state index in [-0.39, 0.29) is 42.0 Å². The molecule has 0 saturated heterocycles. The second-order valence-corrected chi connectivity index (χ2v) is 11.5. The van der Waals surface area contributed by atoms with Crippen LogP contribution in [-0.2, 0) is 4.74 Å². The molecule has 0 bridgehead atoms. The van der Waals surface area contributed by atoms with E-state index in [4.69, 9.17) is 14.2 Å². The van der Waals surface area contributed by atoms with Crippen molar-refractivity contribution in [3.63, 3.8) is 0 Å². The van der Waals surface area contributed by atoms with Gasteiger partial charge < -0.3 is 14.2 Å². The van der Waals surface area contributed by atoms with Crippen molar-refractivity contribution in [1.29, 1.82) is 0 Å². The summed E-state index contributed by atoms with van der Waals surface area (Å²) in [7, 11) is 0. The van der Waals surface area contributed by atoms with Gasteiger partial charge in [-0.15, -0.1) is 0 Å². The first-order valence-electron chi connectivity index (χ1n) is 15.3. The highest BCUT2D eigenvalue weighted by Gasteiger charge is 2.30. The Morgan fingerprint density at radius 3 is 1.65 bits per heavy atom. The summed E-state index contributed by atoms with van der Waals surface area (Å²) < 4.78 is 76.1. The molecule has 0 aromatic heterocycles. The second kappa shape index (κ2) is 15.1. The van der Waals surface area contributed by atoms with Gasteiger partial charge in [0.25, 0.3) is 0 Å². The minimum Gasteiger partial charge on any atom is -0.490 e. The Balaban J connectivity index is 1.27. The van der Waals surface area contributed by atoms with Crippen LogP contribution >= 0.6 is 0 Å². The molecule has 4 rings (SSSR count). The normalized spacial score (nSPS) is 23.2. The first-order chi connectivity index (χ1) is 19.4. The predicted molar refractivity (Wildman–Crippen MR) is 149 cm³/mol. The minimum atomic E-state index is -1.04. The molecule has 3 nitrogen and oxygen atoms in total. The van der Waals surface area contributed by atoms with Crippen LogP contribution in [0.5, 0.6) is 11.5 Å². The lowest BCUT2D eigenvalue weighted by Crippen LogP contribution is -2.22. The van der Waals surface area contributed by atoms with E-state index in [0.29, 0.717) is 30.6 Å². The van der Waals surface area contributed by atoms with Gasteiger partial charge in [0.2, 0.25) is 11.6 Å². The maximum absolute atomic E-state index is 15.3. The molecule has 40 heavy (non-hydrogen) atoms. The van der Waals surface area contributed by atoms with E-state index in [0.717, 1.165) is 70.8 Å². The fraction of sp³-hybridized carbons (Fsp3) is 0.636. The maximum atomic E-state index is 15.3. The second-order valence-electron chi connectivity index (χ2n) is 11.5. The average Bonchev–Trinajstić information content (AvgIpc) is 2.97. The molecule has 0 spiro atoms. The lowest BCUT2D eigenvalue weighted by molar-refractivity contribution is 0.0230. The van der Waals surface area contributed by atoms with Crippen LogP contribution in [-0.4, -0.2) is 25.9 Å². The summed E-state index contributed by atoms with van der Waals surface area (Å²) in [6.07, 6.45) is 10.3. The van der Waals surface area contributed by atoms with Crippen LogP contribution < -0.4 is 9.47 Å². The van der Waals surface area contributed by atoms with Crippen LogP contribution in [0.1, 0.15) is 114 Å². The molecule has 0 unspecified atom stereocenters. The number of unbranched alkanes of at least 4 members (excludes halogenated alkanes) is 2. The fourth-order valence-electron chi connectivity index (χ4n) is 6.06. The van der Waals surface area contributed by atoms with Crippen LogP contribution in [0.3, 0.4) is 0 Å². The predicted octanol–water partition coefficient (Wildman–Crippen LogP) is 9.62. The van der Waals surface area contributed by atoms with Crippen molar-refractivity contribution in [2.45, 2.75) is 109 Å². The molecule has 0 heterocycles. The Bertz CT molecular complexity index is 1080. The standard InChI is InChI=1S/C33H44F4O3/c1-3-5-19-38-25-13-11-24(12-14-25)27-16-15-26(30(34)31(27)35)23-9-7-22(8-10-23)21-40-29-18-17-28(32(36)33(29)37)39-20-6-4-2/h15-18,22-25H,3-14,19-21H2,1-2H3. The van der Waals surface area contributed by atoms with Gasteiger partial charge in [-0.1, -0.05) is 38.8 Å². The third-order valence-electron chi connectivity index (χ3n) is 8.64. The van der Waals surface area contributed by atoms with E-state index < -0.39 is 23.3 Å². The van der Waals surface area contributed by atoms with Gasteiger partial charge >= 0.3 is 0 Å². The van der Waals surface area contributed by atoms with Crippen molar-refractivity contribution in [2.24, 2.45) is 5.92 Å². The highest BCUT2D eigenvalue weighted by atomic mass is 19.2. The summed E-state index contributed by atoms with van der Waals surface area (Å²) in [5.74, 6) is -3.61. The fourth-order valence-corrected chi connectivity index (χ4v) is 6.06. The zero-order chi connectivity index (χ0) is 28.5. The third kappa shape index (κ3) is 7.71. The molecule has 2 aliphatic rings. The summed E-state index contributed by atoms with van der Waals surface area (Å²) >= 11 is 0. The van der Waals surface area contributed by atoms with Crippen LogP contribution in [0.2, 0.25) is 0 Å². The van der Waals surface area contributed by atoms with Crippen LogP contribution in [0.4, 0.5) is 17.6 Å². The van der Waals surface area contributed by atoms with E-state index in [2.05, 4.69) is 6.92 Å². The monoisotopic (exact) mass is 564 g/mol. The summed E-state index contributed by atoms with van der Waals surface area (Å²) in [5, 5.41) is 0. The van der Waals surface area contributed by atoms with Gasteiger partial charge in [-0.3, -0.25) is 0 Å². The number of benzene rings is 2. The van der Waals surface area contributed by atoms with Gasteiger partial charge in [-0.2, -0.15) is 8.78 Å². The molecule has 2 aliphatic carbocycles. The quantitative estimate of drug-likeness (QED) is 0.179. The van der Waals surface area contributed by atoms with Crippen molar-refractivity contribution in [3.05, 3.63) is 58.7 Å². The van der Waals surface area contributed by atoms with E-state index in [1.165, 1.54) is 12.1 Å². The molecular weight excluding hydrogens is 520 g/mol. The van der Waals surface area contributed by atoms with Crippen molar-refractivity contribution < 1.29 is 31.8 Å².